The second kappa shape index (κ2) is 7.44. The van der Waals surface area contributed by atoms with Gasteiger partial charge in [-0.05, 0) is 19.3 Å². The highest BCUT2D eigenvalue weighted by Gasteiger charge is 2.35. The van der Waals surface area contributed by atoms with Gasteiger partial charge < -0.3 is 9.79 Å². The number of phosphoric ester groups is 1. The van der Waals surface area contributed by atoms with Crippen LogP contribution in [0.3, 0.4) is 0 Å². The van der Waals surface area contributed by atoms with Gasteiger partial charge in [0.2, 0.25) is 0 Å². The Hall–Kier alpha value is 0.110. The maximum absolute atomic E-state index is 11.0. The summed E-state index contributed by atoms with van der Waals surface area (Å²) in [4.78, 5) is 18.0. The highest BCUT2D eigenvalue weighted by molar-refractivity contribution is 7.46. The number of hydrogen-bond donors (Lipinski definition) is 2. The molecule has 0 amide bonds. The highest BCUT2D eigenvalue weighted by atomic mass is 31.2. The molecular formula is C11H25O4P. The van der Waals surface area contributed by atoms with E-state index in [1.807, 2.05) is 13.8 Å². The second-order valence-corrected chi connectivity index (χ2v) is 5.53. The van der Waals surface area contributed by atoms with Gasteiger partial charge in [0.25, 0.3) is 0 Å². The maximum atomic E-state index is 11.0. The standard InChI is InChI=1S/C11H25O4P/c1-4-7-10-11(8-5-2,9-6-3)15-16(12,13)14/h4-10H2,1-3H3,(H2,12,13,14). The quantitative estimate of drug-likeness (QED) is 0.615. The van der Waals surface area contributed by atoms with Crippen molar-refractivity contribution in [3.8, 4) is 0 Å². The van der Waals surface area contributed by atoms with Gasteiger partial charge in [0.1, 0.15) is 0 Å². The van der Waals surface area contributed by atoms with E-state index < -0.39 is 13.4 Å². The van der Waals surface area contributed by atoms with Crippen molar-refractivity contribution in [2.24, 2.45) is 0 Å². The minimum absolute atomic E-state index is 0.626. The molecule has 0 fully saturated rings. The second-order valence-electron chi connectivity index (χ2n) is 4.37. The Bertz CT molecular complexity index is 218. The summed E-state index contributed by atoms with van der Waals surface area (Å²) in [6.07, 6.45) is 5.88. The van der Waals surface area contributed by atoms with Crippen molar-refractivity contribution in [2.75, 3.05) is 0 Å². The van der Waals surface area contributed by atoms with E-state index >= 15 is 0 Å². The Morgan fingerprint density at radius 2 is 1.50 bits per heavy atom. The summed E-state index contributed by atoms with van der Waals surface area (Å²) in [5.74, 6) is 0. The Kier molecular flexibility index (Phi) is 7.49. The first-order valence-corrected chi connectivity index (χ1v) is 7.68. The number of unbranched alkanes of at least 4 members (excludes halogenated alkanes) is 1. The van der Waals surface area contributed by atoms with Crippen LogP contribution in [0.2, 0.25) is 0 Å². The van der Waals surface area contributed by atoms with E-state index in [-0.39, 0.29) is 0 Å². The topological polar surface area (TPSA) is 66.8 Å². The van der Waals surface area contributed by atoms with E-state index in [9.17, 15) is 4.57 Å². The van der Waals surface area contributed by atoms with Gasteiger partial charge in [0, 0.05) is 0 Å². The zero-order chi connectivity index (χ0) is 12.7. The Morgan fingerprint density at radius 3 is 1.81 bits per heavy atom. The predicted molar refractivity (Wildman–Crippen MR) is 65.2 cm³/mol. The van der Waals surface area contributed by atoms with Crippen molar-refractivity contribution in [3.63, 3.8) is 0 Å². The van der Waals surface area contributed by atoms with Crippen LogP contribution in [0.25, 0.3) is 0 Å². The van der Waals surface area contributed by atoms with E-state index in [1.165, 1.54) is 0 Å². The molecule has 98 valence electrons. The molecule has 0 aromatic rings. The van der Waals surface area contributed by atoms with Gasteiger partial charge in [-0.25, -0.2) is 4.57 Å². The van der Waals surface area contributed by atoms with E-state index in [2.05, 4.69) is 6.92 Å². The molecule has 0 aliphatic rings. The Balaban J connectivity index is 4.69. The normalized spacial score (nSPS) is 13.1. The van der Waals surface area contributed by atoms with Crippen LogP contribution in [0.4, 0.5) is 0 Å². The third-order valence-corrected chi connectivity index (χ3v) is 3.33. The van der Waals surface area contributed by atoms with Crippen molar-refractivity contribution < 1.29 is 18.9 Å². The molecular weight excluding hydrogens is 227 g/mol. The number of rotatable bonds is 9. The summed E-state index contributed by atoms with van der Waals surface area (Å²) in [6.45, 7) is 6.10. The smallest absolute Gasteiger partial charge is 0.303 e. The summed E-state index contributed by atoms with van der Waals surface area (Å²) in [7, 11) is -4.39. The molecule has 5 heteroatoms. The SMILES string of the molecule is CCCCC(CCC)(CCC)OP(=O)(O)O. The van der Waals surface area contributed by atoms with Crippen LogP contribution in [0.1, 0.15) is 65.7 Å². The van der Waals surface area contributed by atoms with Crippen LogP contribution in [0, 0.1) is 0 Å². The third-order valence-electron chi connectivity index (χ3n) is 2.71. The number of hydrogen-bond acceptors (Lipinski definition) is 2. The lowest BCUT2D eigenvalue weighted by Crippen LogP contribution is -2.31. The first-order chi connectivity index (χ1) is 7.39. The Morgan fingerprint density at radius 1 is 1.00 bits per heavy atom. The molecule has 0 aromatic carbocycles. The van der Waals surface area contributed by atoms with Crippen LogP contribution < -0.4 is 0 Å². The average Bonchev–Trinajstić information content (AvgIpc) is 2.13. The molecule has 0 aliphatic heterocycles. The summed E-state index contributed by atoms with van der Waals surface area (Å²) in [6, 6.07) is 0. The molecule has 0 saturated carbocycles. The molecule has 2 N–H and O–H groups in total. The largest absolute Gasteiger partial charge is 0.470 e. The molecule has 0 radical (unpaired) electrons. The fourth-order valence-corrected chi connectivity index (χ4v) is 2.95. The van der Waals surface area contributed by atoms with Crippen molar-refractivity contribution in [2.45, 2.75) is 71.3 Å². The highest BCUT2D eigenvalue weighted by Crippen LogP contribution is 2.46. The molecule has 0 unspecified atom stereocenters. The zero-order valence-corrected chi connectivity index (χ0v) is 11.5. The van der Waals surface area contributed by atoms with Gasteiger partial charge in [-0.3, -0.25) is 4.52 Å². The summed E-state index contributed by atoms with van der Waals surface area (Å²) in [5.41, 5.74) is -0.626. The minimum Gasteiger partial charge on any atom is -0.303 e. The third kappa shape index (κ3) is 6.64. The molecule has 0 aliphatic carbocycles. The minimum atomic E-state index is -4.39. The fraction of sp³-hybridized carbons (Fsp3) is 1.00. The predicted octanol–water partition coefficient (Wildman–Crippen LogP) is 3.62. The van der Waals surface area contributed by atoms with Gasteiger partial charge in [-0.2, -0.15) is 0 Å². The summed E-state index contributed by atoms with van der Waals surface area (Å²) in [5, 5.41) is 0. The van der Waals surface area contributed by atoms with Crippen LogP contribution >= 0.6 is 7.82 Å². The zero-order valence-electron chi connectivity index (χ0n) is 10.6. The van der Waals surface area contributed by atoms with E-state index in [0.717, 1.165) is 32.1 Å². The van der Waals surface area contributed by atoms with Gasteiger partial charge >= 0.3 is 7.82 Å². The van der Waals surface area contributed by atoms with E-state index in [0.29, 0.717) is 12.8 Å². The first-order valence-electron chi connectivity index (χ1n) is 6.15. The molecule has 0 aromatic heterocycles. The monoisotopic (exact) mass is 252 g/mol. The Labute approximate surface area is 98.6 Å². The molecule has 16 heavy (non-hydrogen) atoms. The molecule has 0 bridgehead atoms. The van der Waals surface area contributed by atoms with E-state index in [4.69, 9.17) is 14.3 Å². The van der Waals surface area contributed by atoms with Gasteiger partial charge in [-0.15, -0.1) is 0 Å². The maximum Gasteiger partial charge on any atom is 0.470 e. The molecule has 0 rings (SSSR count). The fourth-order valence-electron chi connectivity index (χ4n) is 2.17. The van der Waals surface area contributed by atoms with Crippen LogP contribution in [0.15, 0.2) is 0 Å². The lowest BCUT2D eigenvalue weighted by molar-refractivity contribution is 0.00869. The summed E-state index contributed by atoms with van der Waals surface area (Å²) < 4.78 is 16.1. The van der Waals surface area contributed by atoms with Crippen molar-refractivity contribution >= 4 is 7.82 Å². The van der Waals surface area contributed by atoms with Crippen molar-refractivity contribution in [1.82, 2.24) is 0 Å². The van der Waals surface area contributed by atoms with Crippen LogP contribution in [-0.2, 0) is 9.09 Å². The van der Waals surface area contributed by atoms with Gasteiger partial charge in [-0.1, -0.05) is 46.5 Å². The van der Waals surface area contributed by atoms with Crippen molar-refractivity contribution in [1.29, 1.82) is 0 Å². The first kappa shape index (κ1) is 16.1. The summed E-state index contributed by atoms with van der Waals surface area (Å²) >= 11 is 0. The van der Waals surface area contributed by atoms with E-state index in [1.54, 1.807) is 0 Å². The average molecular weight is 252 g/mol. The van der Waals surface area contributed by atoms with Gasteiger partial charge in [0.05, 0.1) is 5.60 Å². The van der Waals surface area contributed by atoms with Crippen LogP contribution in [0.5, 0.6) is 0 Å². The molecule has 0 saturated heterocycles. The lowest BCUT2D eigenvalue weighted by atomic mass is 9.88. The molecule has 0 atom stereocenters. The lowest BCUT2D eigenvalue weighted by Gasteiger charge is -2.33. The molecule has 4 nitrogen and oxygen atoms in total. The van der Waals surface area contributed by atoms with Crippen LogP contribution in [-0.4, -0.2) is 15.4 Å². The number of phosphoric acid groups is 1. The molecule has 0 heterocycles. The van der Waals surface area contributed by atoms with Gasteiger partial charge in [0.15, 0.2) is 0 Å². The van der Waals surface area contributed by atoms with Crippen molar-refractivity contribution in [3.05, 3.63) is 0 Å². The molecule has 0 spiro atoms.